The molecule has 0 saturated carbocycles. The van der Waals surface area contributed by atoms with E-state index in [9.17, 15) is 10.2 Å². The van der Waals surface area contributed by atoms with Crippen LogP contribution in [0.1, 0.15) is 25.4 Å². The van der Waals surface area contributed by atoms with E-state index in [2.05, 4.69) is 29.6 Å². The Balaban J connectivity index is 1.95. The first-order valence-corrected chi connectivity index (χ1v) is 11.6. The molecule has 1 aliphatic heterocycles. The van der Waals surface area contributed by atoms with Crippen molar-refractivity contribution < 1.29 is 14.9 Å². The highest BCUT2D eigenvalue weighted by molar-refractivity contribution is 7.72. The fourth-order valence-corrected chi connectivity index (χ4v) is 4.18. The molecule has 4 N–H and O–H groups in total. The predicted molar refractivity (Wildman–Crippen MR) is 103 cm³/mol. The number of hydrogen-bond donors (Lipinski definition) is 3. The number of rotatable bonds is 5. The standard InChI is InChI=1S/C17H27N4O3P/c1-5-12-20-13-10(18)6-8-19-16(13)21(12)17-15(23)14(22)11(24-17)7-9-25(2,3)4/h6,8,11,14-15,17,22-23H,2,5,7,9H2,1,3-4H3,(H2,18,19)/t11-,14-,15-,17?/m1/s1. The molecule has 25 heavy (non-hydrogen) atoms. The van der Waals surface area contributed by atoms with E-state index in [0.717, 1.165) is 12.0 Å². The Hall–Kier alpha value is -1.40. The molecule has 1 aliphatic rings. The van der Waals surface area contributed by atoms with Crippen molar-refractivity contribution in [3.63, 3.8) is 0 Å². The number of aromatic nitrogens is 3. The Morgan fingerprint density at radius 3 is 2.72 bits per heavy atom. The van der Waals surface area contributed by atoms with Crippen LogP contribution in [0.25, 0.3) is 11.2 Å². The van der Waals surface area contributed by atoms with Crippen LogP contribution in [0, 0.1) is 0 Å². The first kappa shape index (κ1) is 18.4. The molecule has 0 amide bonds. The Bertz CT molecular complexity index is 816. The lowest BCUT2D eigenvalue weighted by Crippen LogP contribution is -2.32. The fourth-order valence-electron chi connectivity index (χ4n) is 3.23. The molecule has 0 radical (unpaired) electrons. The third kappa shape index (κ3) is 3.47. The highest BCUT2D eigenvalue weighted by Gasteiger charge is 2.44. The van der Waals surface area contributed by atoms with Gasteiger partial charge in [-0.3, -0.25) is 4.57 Å². The molecule has 8 heteroatoms. The summed E-state index contributed by atoms with van der Waals surface area (Å²) in [5, 5.41) is 21.0. The van der Waals surface area contributed by atoms with E-state index in [1.807, 2.05) is 6.92 Å². The molecular formula is C17H27N4O3P. The van der Waals surface area contributed by atoms with Gasteiger partial charge >= 0.3 is 0 Å². The fraction of sp³-hybridized carbons (Fsp3) is 0.588. The number of nitrogen functional groups attached to an aromatic ring is 1. The van der Waals surface area contributed by atoms with Crippen molar-refractivity contribution in [1.29, 1.82) is 0 Å². The summed E-state index contributed by atoms with van der Waals surface area (Å²) in [4.78, 5) is 8.91. The van der Waals surface area contributed by atoms with Crippen LogP contribution in [-0.4, -0.2) is 68.9 Å². The molecule has 0 bridgehead atoms. The Morgan fingerprint density at radius 1 is 1.36 bits per heavy atom. The van der Waals surface area contributed by atoms with Gasteiger partial charge < -0.3 is 20.7 Å². The molecule has 2 aromatic rings. The van der Waals surface area contributed by atoms with Gasteiger partial charge in [-0.1, -0.05) is 6.92 Å². The molecule has 2 aromatic heterocycles. The number of aliphatic hydroxyl groups is 2. The number of fused-ring (bicyclic) bond motifs is 1. The number of nitrogens with zero attached hydrogens (tertiary/aromatic N) is 3. The van der Waals surface area contributed by atoms with Crippen molar-refractivity contribution in [2.24, 2.45) is 0 Å². The zero-order chi connectivity index (χ0) is 18.4. The SMILES string of the molecule is C=P(C)(C)CC[C@H]1OC(n2c(CC)nc3c(N)ccnc32)[C@H](O)[C@@H]1O. The molecular weight excluding hydrogens is 339 g/mol. The first-order valence-electron chi connectivity index (χ1n) is 8.53. The largest absolute Gasteiger partial charge is 0.397 e. The van der Waals surface area contributed by atoms with Gasteiger partial charge in [0, 0.05) is 12.6 Å². The van der Waals surface area contributed by atoms with Gasteiger partial charge in [0.1, 0.15) is 23.5 Å². The monoisotopic (exact) mass is 366 g/mol. The van der Waals surface area contributed by atoms with E-state index in [1.165, 1.54) is 0 Å². The van der Waals surface area contributed by atoms with E-state index in [1.54, 1.807) is 16.8 Å². The summed E-state index contributed by atoms with van der Waals surface area (Å²) in [6, 6.07) is 1.70. The maximum Gasteiger partial charge on any atom is 0.165 e. The third-order valence-electron chi connectivity index (χ3n) is 4.61. The van der Waals surface area contributed by atoms with Crippen LogP contribution in [-0.2, 0) is 11.2 Å². The molecule has 3 heterocycles. The molecule has 1 unspecified atom stereocenters. The lowest BCUT2D eigenvalue weighted by atomic mass is 10.1. The molecule has 4 atom stereocenters. The van der Waals surface area contributed by atoms with Crippen molar-refractivity contribution in [3.05, 3.63) is 18.1 Å². The van der Waals surface area contributed by atoms with Crippen molar-refractivity contribution in [2.45, 2.75) is 44.3 Å². The average molecular weight is 366 g/mol. The van der Waals surface area contributed by atoms with Crippen molar-refractivity contribution in [2.75, 3.05) is 25.2 Å². The minimum absolute atomic E-state index is 0.427. The minimum atomic E-state index is -1.23. The molecule has 7 nitrogen and oxygen atoms in total. The lowest BCUT2D eigenvalue weighted by Gasteiger charge is -2.19. The second-order valence-corrected chi connectivity index (χ2v) is 11.6. The summed E-state index contributed by atoms with van der Waals surface area (Å²) in [7, 11) is 0. The topological polar surface area (TPSA) is 106 Å². The van der Waals surface area contributed by atoms with Gasteiger partial charge in [-0.25, -0.2) is 9.97 Å². The number of ether oxygens (including phenoxy) is 1. The van der Waals surface area contributed by atoms with E-state index in [-0.39, 0.29) is 0 Å². The van der Waals surface area contributed by atoms with Crippen LogP contribution in [0.15, 0.2) is 12.3 Å². The van der Waals surface area contributed by atoms with Crippen molar-refractivity contribution in [3.8, 4) is 0 Å². The number of imidazole rings is 1. The highest BCUT2D eigenvalue weighted by atomic mass is 31.2. The maximum atomic E-state index is 10.6. The number of anilines is 1. The van der Waals surface area contributed by atoms with Gasteiger partial charge in [0.2, 0.25) is 0 Å². The van der Waals surface area contributed by atoms with Crippen LogP contribution in [0.2, 0.25) is 0 Å². The van der Waals surface area contributed by atoms with Crippen LogP contribution < -0.4 is 5.73 Å². The molecule has 0 aromatic carbocycles. The molecule has 0 spiro atoms. The second kappa shape index (κ2) is 6.72. The minimum Gasteiger partial charge on any atom is -0.397 e. The summed E-state index contributed by atoms with van der Waals surface area (Å²) in [6.45, 7) is 5.04. The van der Waals surface area contributed by atoms with Gasteiger partial charge in [0.25, 0.3) is 0 Å². The Kier molecular flexibility index (Phi) is 4.95. The normalized spacial score (nSPS) is 27.2. The van der Waals surface area contributed by atoms with Crippen molar-refractivity contribution in [1.82, 2.24) is 14.5 Å². The second-order valence-electron chi connectivity index (χ2n) is 7.32. The molecule has 1 saturated heterocycles. The van der Waals surface area contributed by atoms with Gasteiger partial charge in [0.15, 0.2) is 11.9 Å². The smallest absolute Gasteiger partial charge is 0.165 e. The lowest BCUT2D eigenvalue weighted by molar-refractivity contribution is -0.0367. The van der Waals surface area contributed by atoms with Crippen LogP contribution in [0.4, 0.5) is 5.69 Å². The Labute approximate surface area is 147 Å². The van der Waals surface area contributed by atoms with E-state index >= 15 is 0 Å². The number of pyridine rings is 1. The Morgan fingerprint density at radius 2 is 2.08 bits per heavy atom. The summed E-state index contributed by atoms with van der Waals surface area (Å²) in [6.07, 6.45) is 4.88. The predicted octanol–water partition coefficient (Wildman–Crippen LogP) is 1.29. The van der Waals surface area contributed by atoms with Crippen LogP contribution in [0.5, 0.6) is 0 Å². The van der Waals surface area contributed by atoms with Gasteiger partial charge in [0.05, 0.1) is 11.8 Å². The summed E-state index contributed by atoms with van der Waals surface area (Å²) >= 11 is 0. The highest BCUT2D eigenvalue weighted by Crippen LogP contribution is 2.40. The molecule has 3 rings (SSSR count). The summed E-state index contributed by atoms with van der Waals surface area (Å²) in [5.74, 6) is 0.724. The number of nitrogens with two attached hydrogens (primary N) is 1. The maximum absolute atomic E-state index is 10.6. The third-order valence-corrected chi connectivity index (χ3v) is 6.08. The van der Waals surface area contributed by atoms with E-state index in [4.69, 9.17) is 10.5 Å². The summed E-state index contributed by atoms with van der Waals surface area (Å²) < 4.78 is 7.82. The molecule has 138 valence electrons. The quantitative estimate of drug-likeness (QED) is 0.689. The van der Waals surface area contributed by atoms with Gasteiger partial charge in [-0.15, -0.1) is 13.2 Å². The zero-order valence-electron chi connectivity index (χ0n) is 15.0. The van der Waals surface area contributed by atoms with Crippen molar-refractivity contribution >= 4 is 30.0 Å². The molecule has 0 aliphatic carbocycles. The summed E-state index contributed by atoms with van der Waals surface area (Å²) in [5.41, 5.74) is 7.70. The van der Waals surface area contributed by atoms with E-state index in [0.29, 0.717) is 29.7 Å². The van der Waals surface area contributed by atoms with E-state index < -0.39 is 31.4 Å². The zero-order valence-corrected chi connectivity index (χ0v) is 15.9. The number of aliphatic hydroxyl groups excluding tert-OH is 2. The van der Waals surface area contributed by atoms with Crippen LogP contribution >= 0.6 is 6.89 Å². The number of hydrogen-bond acceptors (Lipinski definition) is 6. The van der Waals surface area contributed by atoms with Crippen LogP contribution in [0.3, 0.4) is 0 Å². The van der Waals surface area contributed by atoms with Gasteiger partial charge in [-0.05, 0) is 32.0 Å². The number of aryl methyl sites for hydroxylation is 1. The van der Waals surface area contributed by atoms with Gasteiger partial charge in [-0.2, -0.15) is 0 Å². The first-order chi connectivity index (χ1) is 11.7. The molecule has 1 fully saturated rings. The average Bonchev–Trinajstić information content (AvgIpc) is 3.05.